The van der Waals surface area contributed by atoms with E-state index in [1.807, 2.05) is 0 Å². The normalized spacial score (nSPS) is 13.7. The Labute approximate surface area is 136 Å². The summed E-state index contributed by atoms with van der Waals surface area (Å²) in [6.07, 6.45) is 8.42. The number of unbranched alkanes of at least 4 members (excludes halogenated alkanes) is 4. The highest BCUT2D eigenvalue weighted by molar-refractivity contribution is 6.12. The summed E-state index contributed by atoms with van der Waals surface area (Å²) < 4.78 is 0. The smallest absolute Gasteiger partial charge is 0.253 e. The molecular weight excluding hydrogens is 298 g/mol. The first kappa shape index (κ1) is 18.9. The number of carbonyl (C=O) groups is 4. The number of nitrogens with two attached hydrogens (primary N) is 1. The maximum atomic E-state index is 11.6. The van der Waals surface area contributed by atoms with E-state index in [1.54, 1.807) is 0 Å². The van der Waals surface area contributed by atoms with Crippen LogP contribution < -0.4 is 11.1 Å². The molecule has 0 radical (unpaired) electrons. The maximum Gasteiger partial charge on any atom is 0.253 e. The SMILES string of the molecule is NC(=O)CCCCCCCNC(=O)CCCN1C(=O)C=CC1=O. The second-order valence-corrected chi connectivity index (χ2v) is 5.60. The van der Waals surface area contributed by atoms with Gasteiger partial charge >= 0.3 is 0 Å². The minimum atomic E-state index is -0.313. The summed E-state index contributed by atoms with van der Waals surface area (Å²) in [6.45, 7) is 0.899. The molecule has 0 fully saturated rings. The van der Waals surface area contributed by atoms with Gasteiger partial charge in [-0.2, -0.15) is 0 Å². The summed E-state index contributed by atoms with van der Waals surface area (Å²) in [6, 6.07) is 0. The quantitative estimate of drug-likeness (QED) is 0.405. The van der Waals surface area contributed by atoms with Crippen molar-refractivity contribution in [3.8, 4) is 0 Å². The number of nitrogens with one attached hydrogen (secondary N) is 1. The summed E-state index contributed by atoms with van der Waals surface area (Å²) in [5.41, 5.74) is 5.05. The number of imide groups is 1. The third-order valence-corrected chi connectivity index (χ3v) is 3.61. The summed E-state index contributed by atoms with van der Waals surface area (Å²) in [4.78, 5) is 45.9. The first-order valence-corrected chi connectivity index (χ1v) is 8.09. The van der Waals surface area contributed by atoms with E-state index in [9.17, 15) is 19.2 Å². The van der Waals surface area contributed by atoms with Crippen LogP contribution in [0.25, 0.3) is 0 Å². The van der Waals surface area contributed by atoms with Crippen LogP contribution in [0.2, 0.25) is 0 Å². The van der Waals surface area contributed by atoms with Crippen molar-refractivity contribution in [2.75, 3.05) is 13.1 Å². The second kappa shape index (κ2) is 10.5. The highest BCUT2D eigenvalue weighted by atomic mass is 16.2. The standard InChI is InChI=1S/C16H25N3O4/c17-13(20)7-4-2-1-3-5-11-18-14(21)8-6-12-19-15(22)9-10-16(19)23/h9-10H,1-8,11-12H2,(H2,17,20)(H,18,21). The van der Waals surface area contributed by atoms with Crippen LogP contribution in [0, 0.1) is 0 Å². The van der Waals surface area contributed by atoms with Crippen LogP contribution in [0.1, 0.15) is 51.4 Å². The van der Waals surface area contributed by atoms with E-state index >= 15 is 0 Å². The van der Waals surface area contributed by atoms with Crippen LogP contribution >= 0.6 is 0 Å². The van der Waals surface area contributed by atoms with Crippen LogP contribution in [0.5, 0.6) is 0 Å². The van der Waals surface area contributed by atoms with Gasteiger partial charge in [-0.15, -0.1) is 0 Å². The van der Waals surface area contributed by atoms with Crippen molar-refractivity contribution in [1.29, 1.82) is 0 Å². The first-order chi connectivity index (χ1) is 11.0. The minimum absolute atomic E-state index is 0.0641. The number of rotatable bonds is 12. The molecule has 7 heteroatoms. The maximum absolute atomic E-state index is 11.6. The molecule has 1 aliphatic rings. The Morgan fingerprint density at radius 1 is 0.913 bits per heavy atom. The molecule has 0 atom stereocenters. The van der Waals surface area contributed by atoms with Crippen LogP contribution in [0.3, 0.4) is 0 Å². The number of nitrogens with zero attached hydrogens (tertiary/aromatic N) is 1. The van der Waals surface area contributed by atoms with Crippen LogP contribution in [0.15, 0.2) is 12.2 Å². The molecule has 3 N–H and O–H groups in total. The third-order valence-electron chi connectivity index (χ3n) is 3.61. The van der Waals surface area contributed by atoms with E-state index in [2.05, 4.69) is 5.32 Å². The average Bonchev–Trinajstić information content (AvgIpc) is 2.81. The van der Waals surface area contributed by atoms with Gasteiger partial charge in [0.25, 0.3) is 11.8 Å². The van der Waals surface area contributed by atoms with Crippen molar-refractivity contribution in [3.05, 3.63) is 12.2 Å². The van der Waals surface area contributed by atoms with Gasteiger partial charge in [-0.25, -0.2) is 0 Å². The largest absolute Gasteiger partial charge is 0.370 e. The average molecular weight is 323 g/mol. The summed E-state index contributed by atoms with van der Waals surface area (Å²) in [5.74, 6) is -0.949. The van der Waals surface area contributed by atoms with E-state index < -0.39 is 0 Å². The van der Waals surface area contributed by atoms with Gasteiger partial charge in [0.05, 0.1) is 0 Å². The Kier molecular flexibility index (Phi) is 8.64. The van der Waals surface area contributed by atoms with Crippen molar-refractivity contribution in [1.82, 2.24) is 10.2 Å². The second-order valence-electron chi connectivity index (χ2n) is 5.60. The topological polar surface area (TPSA) is 110 Å². The highest BCUT2D eigenvalue weighted by Gasteiger charge is 2.22. The Bertz CT molecular complexity index is 456. The third kappa shape index (κ3) is 8.13. The zero-order valence-electron chi connectivity index (χ0n) is 13.4. The van der Waals surface area contributed by atoms with E-state index in [1.165, 1.54) is 12.2 Å². The van der Waals surface area contributed by atoms with Crippen molar-refractivity contribution >= 4 is 23.6 Å². The number of hydrogen-bond acceptors (Lipinski definition) is 4. The fraction of sp³-hybridized carbons (Fsp3) is 0.625. The van der Waals surface area contributed by atoms with Gasteiger partial charge in [0.2, 0.25) is 11.8 Å². The van der Waals surface area contributed by atoms with Crippen LogP contribution in [-0.2, 0) is 19.2 Å². The lowest BCUT2D eigenvalue weighted by atomic mass is 10.1. The molecule has 4 amide bonds. The fourth-order valence-corrected chi connectivity index (χ4v) is 2.32. The number of hydrogen-bond donors (Lipinski definition) is 2. The van der Waals surface area contributed by atoms with Gasteiger partial charge in [0.1, 0.15) is 0 Å². The van der Waals surface area contributed by atoms with Gasteiger partial charge in [-0.1, -0.05) is 19.3 Å². The molecule has 0 spiro atoms. The predicted molar refractivity (Wildman–Crippen MR) is 85.0 cm³/mol. The zero-order valence-corrected chi connectivity index (χ0v) is 13.4. The van der Waals surface area contributed by atoms with E-state index in [4.69, 9.17) is 5.73 Å². The molecule has 0 bridgehead atoms. The van der Waals surface area contributed by atoms with Crippen molar-refractivity contribution in [2.24, 2.45) is 5.73 Å². The highest BCUT2D eigenvalue weighted by Crippen LogP contribution is 2.06. The van der Waals surface area contributed by atoms with Gasteiger partial charge in [-0.3, -0.25) is 24.1 Å². The molecule has 1 rings (SSSR count). The van der Waals surface area contributed by atoms with Crippen LogP contribution in [-0.4, -0.2) is 41.6 Å². The van der Waals surface area contributed by atoms with Gasteiger partial charge in [0, 0.05) is 38.1 Å². The number of amides is 4. The summed E-state index contributed by atoms with van der Waals surface area (Å²) in [5, 5.41) is 2.82. The molecule has 0 aromatic carbocycles. The lowest BCUT2D eigenvalue weighted by molar-refractivity contribution is -0.137. The molecule has 7 nitrogen and oxygen atoms in total. The lowest BCUT2D eigenvalue weighted by Crippen LogP contribution is -2.32. The number of carbonyl (C=O) groups excluding carboxylic acids is 4. The van der Waals surface area contributed by atoms with E-state index in [0.29, 0.717) is 25.8 Å². The molecule has 0 unspecified atom stereocenters. The van der Waals surface area contributed by atoms with E-state index in [0.717, 1.165) is 37.0 Å². The molecule has 1 heterocycles. The molecule has 0 aromatic heterocycles. The van der Waals surface area contributed by atoms with E-state index in [-0.39, 0.29) is 30.2 Å². The molecule has 23 heavy (non-hydrogen) atoms. The summed E-state index contributed by atoms with van der Waals surface area (Å²) >= 11 is 0. The van der Waals surface area contributed by atoms with Gasteiger partial charge < -0.3 is 11.1 Å². The summed E-state index contributed by atoms with van der Waals surface area (Å²) in [7, 11) is 0. The fourth-order valence-electron chi connectivity index (χ4n) is 2.32. The first-order valence-electron chi connectivity index (χ1n) is 8.09. The van der Waals surface area contributed by atoms with Crippen LogP contribution in [0.4, 0.5) is 0 Å². The van der Waals surface area contributed by atoms with Gasteiger partial charge in [-0.05, 0) is 19.3 Å². The molecule has 0 saturated heterocycles. The van der Waals surface area contributed by atoms with Crippen molar-refractivity contribution < 1.29 is 19.2 Å². The number of primary amides is 1. The van der Waals surface area contributed by atoms with Gasteiger partial charge in [0.15, 0.2) is 0 Å². The Balaban J connectivity index is 1.93. The van der Waals surface area contributed by atoms with Crippen molar-refractivity contribution in [3.63, 3.8) is 0 Å². The Hall–Kier alpha value is -2.18. The predicted octanol–water partition coefficient (Wildman–Crippen LogP) is 0.634. The minimum Gasteiger partial charge on any atom is -0.370 e. The zero-order chi connectivity index (χ0) is 17.1. The van der Waals surface area contributed by atoms with Crippen molar-refractivity contribution in [2.45, 2.75) is 51.4 Å². The molecule has 0 aliphatic carbocycles. The monoisotopic (exact) mass is 323 g/mol. The lowest BCUT2D eigenvalue weighted by Gasteiger charge is -2.13. The molecular formula is C16H25N3O4. The Morgan fingerprint density at radius 3 is 2.17 bits per heavy atom. The molecule has 0 aromatic rings. The Morgan fingerprint density at radius 2 is 1.52 bits per heavy atom. The molecule has 1 aliphatic heterocycles. The molecule has 128 valence electrons. The molecule has 0 saturated carbocycles.